The average Bonchev–Trinajstić information content (AvgIpc) is 2.40. The molecule has 2 amide bonds. The molecule has 0 atom stereocenters. The first kappa shape index (κ1) is 12.0. The van der Waals surface area contributed by atoms with E-state index >= 15 is 0 Å². The molecule has 0 fully saturated rings. The van der Waals surface area contributed by atoms with E-state index in [2.05, 4.69) is 10.3 Å². The lowest BCUT2D eigenvalue weighted by molar-refractivity contribution is -0.119. The zero-order chi connectivity index (χ0) is 12.8. The van der Waals surface area contributed by atoms with Gasteiger partial charge in [-0.1, -0.05) is 36.4 Å². The minimum atomic E-state index is -0.475. The van der Waals surface area contributed by atoms with Gasteiger partial charge in [0, 0.05) is 6.20 Å². The molecular formula is C14H12N2O2. The molecule has 4 heteroatoms. The summed E-state index contributed by atoms with van der Waals surface area (Å²) in [7, 11) is 0. The molecular weight excluding hydrogens is 228 g/mol. The van der Waals surface area contributed by atoms with Crippen molar-refractivity contribution in [1.29, 1.82) is 0 Å². The molecule has 0 saturated heterocycles. The Morgan fingerprint density at radius 3 is 2.39 bits per heavy atom. The van der Waals surface area contributed by atoms with Gasteiger partial charge < -0.3 is 0 Å². The average molecular weight is 240 g/mol. The van der Waals surface area contributed by atoms with Crippen molar-refractivity contribution in [1.82, 2.24) is 10.3 Å². The maximum atomic E-state index is 11.7. The quantitative estimate of drug-likeness (QED) is 0.886. The van der Waals surface area contributed by atoms with Crippen LogP contribution in [0.2, 0.25) is 0 Å². The van der Waals surface area contributed by atoms with Crippen LogP contribution in [0.25, 0.3) is 0 Å². The summed E-state index contributed by atoms with van der Waals surface area (Å²) in [6.07, 6.45) is 1.69. The lowest BCUT2D eigenvalue weighted by atomic mass is 10.1. The smallest absolute Gasteiger partial charge is 0.276 e. The van der Waals surface area contributed by atoms with Crippen molar-refractivity contribution in [3.63, 3.8) is 0 Å². The zero-order valence-corrected chi connectivity index (χ0v) is 9.67. The molecule has 2 aromatic rings. The van der Waals surface area contributed by atoms with Crippen molar-refractivity contribution < 1.29 is 9.59 Å². The van der Waals surface area contributed by atoms with Crippen LogP contribution in [0.15, 0.2) is 54.7 Å². The third kappa shape index (κ3) is 3.25. The number of carbonyl (C=O) groups excluding carboxylic acids is 2. The fraction of sp³-hybridized carbons (Fsp3) is 0.0714. The molecule has 0 aliphatic rings. The summed E-state index contributed by atoms with van der Waals surface area (Å²) < 4.78 is 0. The number of amides is 2. The predicted octanol–water partition coefficient (Wildman–Crippen LogP) is 1.58. The lowest BCUT2D eigenvalue weighted by Crippen LogP contribution is -2.32. The van der Waals surface area contributed by atoms with Crippen LogP contribution in [0, 0.1) is 0 Å². The second-order valence-corrected chi connectivity index (χ2v) is 3.75. The summed E-state index contributed by atoms with van der Waals surface area (Å²) >= 11 is 0. The van der Waals surface area contributed by atoms with Gasteiger partial charge in [-0.05, 0) is 17.7 Å². The van der Waals surface area contributed by atoms with E-state index in [1.807, 2.05) is 30.3 Å². The molecule has 1 aromatic carbocycles. The van der Waals surface area contributed by atoms with Crippen LogP contribution in [0.4, 0.5) is 0 Å². The highest BCUT2D eigenvalue weighted by Gasteiger charge is 2.11. The van der Waals surface area contributed by atoms with Gasteiger partial charge in [0.05, 0.1) is 6.42 Å². The second kappa shape index (κ2) is 5.72. The van der Waals surface area contributed by atoms with Crippen molar-refractivity contribution in [2.75, 3.05) is 0 Å². The van der Waals surface area contributed by atoms with Gasteiger partial charge in [0.15, 0.2) is 0 Å². The van der Waals surface area contributed by atoms with E-state index in [0.29, 0.717) is 0 Å². The van der Waals surface area contributed by atoms with Gasteiger partial charge in [-0.2, -0.15) is 0 Å². The number of carbonyl (C=O) groups is 2. The van der Waals surface area contributed by atoms with E-state index in [9.17, 15) is 9.59 Å². The standard InChI is InChI=1S/C14H12N2O2/c17-13(10-11-6-2-1-3-7-11)16-14(18)12-8-4-5-9-15-12/h1-9H,10H2,(H,16,17,18). The van der Waals surface area contributed by atoms with Gasteiger partial charge in [-0.15, -0.1) is 0 Å². The first-order valence-corrected chi connectivity index (χ1v) is 5.55. The first-order chi connectivity index (χ1) is 8.75. The third-order valence-electron chi connectivity index (χ3n) is 2.36. The number of nitrogens with one attached hydrogen (secondary N) is 1. The minimum absolute atomic E-state index is 0.180. The van der Waals surface area contributed by atoms with Gasteiger partial charge >= 0.3 is 0 Å². The van der Waals surface area contributed by atoms with Gasteiger partial charge in [-0.3, -0.25) is 19.9 Å². The Bertz CT molecular complexity index is 538. The Balaban J connectivity index is 1.94. The summed E-state index contributed by atoms with van der Waals surface area (Å²) in [4.78, 5) is 27.2. The molecule has 1 heterocycles. The van der Waals surface area contributed by atoms with Crippen LogP contribution in [0.3, 0.4) is 0 Å². The van der Waals surface area contributed by atoms with E-state index in [1.165, 1.54) is 6.20 Å². The predicted molar refractivity (Wildman–Crippen MR) is 66.9 cm³/mol. The van der Waals surface area contributed by atoms with Crippen molar-refractivity contribution in [2.24, 2.45) is 0 Å². The number of aromatic nitrogens is 1. The number of hydrogen-bond donors (Lipinski definition) is 1. The highest BCUT2D eigenvalue weighted by atomic mass is 16.2. The molecule has 1 N–H and O–H groups in total. The molecule has 90 valence electrons. The maximum Gasteiger partial charge on any atom is 0.276 e. The SMILES string of the molecule is O=C(Cc1ccccc1)NC(=O)c1ccccn1. The molecule has 0 radical (unpaired) electrons. The molecule has 1 aromatic heterocycles. The summed E-state index contributed by atoms with van der Waals surface area (Å²) in [5.41, 5.74) is 1.10. The fourth-order valence-corrected chi connectivity index (χ4v) is 1.51. The Labute approximate surface area is 105 Å². The number of imide groups is 1. The van der Waals surface area contributed by atoms with Crippen molar-refractivity contribution >= 4 is 11.8 Å². The van der Waals surface area contributed by atoms with Gasteiger partial charge in [-0.25, -0.2) is 0 Å². The number of pyridine rings is 1. The van der Waals surface area contributed by atoms with Gasteiger partial charge in [0.2, 0.25) is 5.91 Å². The molecule has 4 nitrogen and oxygen atoms in total. The van der Waals surface area contributed by atoms with Crippen LogP contribution in [0.1, 0.15) is 16.1 Å². The van der Waals surface area contributed by atoms with Crippen LogP contribution in [0.5, 0.6) is 0 Å². The number of hydrogen-bond acceptors (Lipinski definition) is 3. The Hall–Kier alpha value is -2.49. The van der Waals surface area contributed by atoms with Crippen molar-refractivity contribution in [2.45, 2.75) is 6.42 Å². The topological polar surface area (TPSA) is 59.1 Å². The molecule has 0 spiro atoms. The number of nitrogens with zero attached hydrogens (tertiary/aromatic N) is 1. The second-order valence-electron chi connectivity index (χ2n) is 3.75. The van der Waals surface area contributed by atoms with Crippen LogP contribution < -0.4 is 5.32 Å². The third-order valence-corrected chi connectivity index (χ3v) is 2.36. The number of benzene rings is 1. The number of rotatable bonds is 3. The Morgan fingerprint density at radius 1 is 1.00 bits per heavy atom. The van der Waals surface area contributed by atoms with Crippen LogP contribution in [-0.2, 0) is 11.2 Å². The van der Waals surface area contributed by atoms with Crippen LogP contribution in [-0.4, -0.2) is 16.8 Å². The van der Waals surface area contributed by atoms with Crippen LogP contribution >= 0.6 is 0 Å². The molecule has 0 aliphatic heterocycles. The highest BCUT2D eigenvalue weighted by molar-refractivity contribution is 6.03. The fourth-order valence-electron chi connectivity index (χ4n) is 1.51. The largest absolute Gasteiger partial charge is 0.291 e. The van der Waals surface area contributed by atoms with E-state index in [0.717, 1.165) is 5.56 Å². The molecule has 2 rings (SSSR count). The first-order valence-electron chi connectivity index (χ1n) is 5.55. The summed E-state index contributed by atoms with van der Waals surface area (Å²) in [6.45, 7) is 0. The minimum Gasteiger partial charge on any atom is -0.291 e. The lowest BCUT2D eigenvalue weighted by Gasteiger charge is -2.03. The monoisotopic (exact) mass is 240 g/mol. The van der Waals surface area contributed by atoms with E-state index in [1.54, 1.807) is 18.2 Å². The zero-order valence-electron chi connectivity index (χ0n) is 9.67. The Kier molecular flexibility index (Phi) is 3.81. The van der Waals surface area contributed by atoms with Gasteiger partial charge in [0.1, 0.15) is 5.69 Å². The molecule has 0 unspecified atom stereocenters. The van der Waals surface area contributed by atoms with E-state index in [-0.39, 0.29) is 18.0 Å². The molecule has 0 bridgehead atoms. The van der Waals surface area contributed by atoms with Gasteiger partial charge in [0.25, 0.3) is 5.91 Å². The van der Waals surface area contributed by atoms with Crippen molar-refractivity contribution in [3.8, 4) is 0 Å². The van der Waals surface area contributed by atoms with E-state index in [4.69, 9.17) is 0 Å². The van der Waals surface area contributed by atoms with E-state index < -0.39 is 5.91 Å². The highest BCUT2D eigenvalue weighted by Crippen LogP contribution is 2.00. The normalized spacial score (nSPS) is 9.78. The summed E-state index contributed by atoms with van der Waals surface area (Å²) in [6, 6.07) is 14.2. The Morgan fingerprint density at radius 2 is 1.72 bits per heavy atom. The maximum absolute atomic E-state index is 11.7. The molecule has 0 saturated carbocycles. The summed E-state index contributed by atoms with van der Waals surface area (Å²) in [5.74, 6) is -0.812. The molecule has 18 heavy (non-hydrogen) atoms. The molecule has 0 aliphatic carbocycles. The van der Waals surface area contributed by atoms with Crippen molar-refractivity contribution in [3.05, 3.63) is 66.0 Å². The summed E-state index contributed by atoms with van der Waals surface area (Å²) in [5, 5.41) is 2.30.